The molecule has 0 spiro atoms. The number of hydrogen-bond donors (Lipinski definition) is 1. The summed E-state index contributed by atoms with van der Waals surface area (Å²) in [4.78, 5) is 11.2. The molecule has 0 unspecified atom stereocenters. The second kappa shape index (κ2) is 7.77. The van der Waals surface area contributed by atoms with Crippen LogP contribution in [-0.2, 0) is 16.1 Å². The van der Waals surface area contributed by atoms with Crippen molar-refractivity contribution in [2.45, 2.75) is 19.3 Å². The maximum Gasteiger partial charge on any atom is 0.411 e. The Balaban J connectivity index is 2.42. The first-order valence-corrected chi connectivity index (χ1v) is 5.72. The standard InChI is InChI=1S/C12H12F5NO3/c13-11(14)21-9-4-2-1-3-8(9)5-18-10(19)6-20-7-12(15,16)17/h1-4,11H,5-7H2,(H,18,19). The van der Waals surface area contributed by atoms with Crippen LogP contribution >= 0.6 is 0 Å². The van der Waals surface area contributed by atoms with Crippen LogP contribution < -0.4 is 10.1 Å². The average Bonchev–Trinajstić information content (AvgIpc) is 2.35. The lowest BCUT2D eigenvalue weighted by Crippen LogP contribution is -2.29. The highest BCUT2D eigenvalue weighted by Gasteiger charge is 2.27. The summed E-state index contributed by atoms with van der Waals surface area (Å²) in [5.41, 5.74) is 0.266. The zero-order valence-electron chi connectivity index (χ0n) is 10.6. The fourth-order valence-corrected chi connectivity index (χ4v) is 1.37. The number of carbonyl (C=O) groups excluding carboxylic acids is 1. The van der Waals surface area contributed by atoms with Crippen LogP contribution in [0.15, 0.2) is 24.3 Å². The van der Waals surface area contributed by atoms with Crippen LogP contribution in [0.3, 0.4) is 0 Å². The number of nitrogens with one attached hydrogen (secondary N) is 1. The first kappa shape index (κ1) is 17.2. The van der Waals surface area contributed by atoms with Crippen molar-refractivity contribution in [3.05, 3.63) is 29.8 Å². The van der Waals surface area contributed by atoms with Gasteiger partial charge in [0.1, 0.15) is 19.0 Å². The Labute approximate surface area is 116 Å². The summed E-state index contributed by atoms with van der Waals surface area (Å²) in [6.07, 6.45) is -4.52. The van der Waals surface area contributed by atoms with Gasteiger partial charge in [0.2, 0.25) is 5.91 Å². The number of hydrogen-bond acceptors (Lipinski definition) is 3. The van der Waals surface area contributed by atoms with Crippen molar-refractivity contribution < 1.29 is 36.2 Å². The fraction of sp³-hybridized carbons (Fsp3) is 0.417. The van der Waals surface area contributed by atoms with E-state index in [-0.39, 0.29) is 17.9 Å². The highest BCUT2D eigenvalue weighted by atomic mass is 19.4. The Hall–Kier alpha value is -1.90. The van der Waals surface area contributed by atoms with Gasteiger partial charge in [0.15, 0.2) is 0 Å². The van der Waals surface area contributed by atoms with Crippen molar-refractivity contribution in [1.29, 1.82) is 0 Å². The molecular formula is C12H12F5NO3. The second-order valence-corrected chi connectivity index (χ2v) is 3.87. The zero-order valence-corrected chi connectivity index (χ0v) is 10.6. The van der Waals surface area contributed by atoms with Crippen LogP contribution in [0.5, 0.6) is 5.75 Å². The molecule has 1 aromatic carbocycles. The van der Waals surface area contributed by atoms with Crippen molar-refractivity contribution in [1.82, 2.24) is 5.32 Å². The van der Waals surface area contributed by atoms with E-state index in [0.29, 0.717) is 0 Å². The van der Waals surface area contributed by atoms with E-state index >= 15 is 0 Å². The molecule has 0 aliphatic carbocycles. The highest BCUT2D eigenvalue weighted by molar-refractivity contribution is 5.77. The molecule has 0 bridgehead atoms. The van der Waals surface area contributed by atoms with Gasteiger partial charge in [-0.05, 0) is 6.07 Å². The van der Waals surface area contributed by atoms with Crippen LogP contribution in [0.25, 0.3) is 0 Å². The summed E-state index contributed by atoms with van der Waals surface area (Å²) in [6.45, 7) is -5.50. The quantitative estimate of drug-likeness (QED) is 0.787. The van der Waals surface area contributed by atoms with E-state index in [9.17, 15) is 26.7 Å². The number of amides is 1. The Bertz CT molecular complexity index is 464. The summed E-state index contributed by atoms with van der Waals surface area (Å²) in [5, 5.41) is 2.24. The largest absolute Gasteiger partial charge is 0.434 e. The van der Waals surface area contributed by atoms with Crippen LogP contribution in [0, 0.1) is 0 Å². The van der Waals surface area contributed by atoms with Crippen LogP contribution in [-0.4, -0.2) is 31.9 Å². The molecule has 0 saturated carbocycles. The number of para-hydroxylation sites is 1. The molecule has 1 amide bonds. The summed E-state index contributed by atoms with van der Waals surface area (Å²) in [6, 6.07) is 5.73. The molecule has 0 aromatic heterocycles. The molecule has 1 rings (SSSR count). The maximum atomic E-state index is 12.1. The van der Waals surface area contributed by atoms with Gasteiger partial charge in [0.25, 0.3) is 0 Å². The molecule has 21 heavy (non-hydrogen) atoms. The van der Waals surface area contributed by atoms with E-state index in [0.717, 1.165) is 0 Å². The molecule has 4 nitrogen and oxygen atoms in total. The minimum absolute atomic E-state index is 0.121. The third-order valence-corrected chi connectivity index (χ3v) is 2.16. The van der Waals surface area contributed by atoms with E-state index in [1.807, 2.05) is 0 Å². The molecular weight excluding hydrogens is 301 g/mol. The number of ether oxygens (including phenoxy) is 2. The summed E-state index contributed by atoms with van der Waals surface area (Å²) in [7, 11) is 0. The molecule has 0 heterocycles. The van der Waals surface area contributed by atoms with Gasteiger partial charge in [-0.1, -0.05) is 18.2 Å². The first-order chi connectivity index (χ1) is 9.78. The van der Waals surface area contributed by atoms with Crippen LogP contribution in [0.1, 0.15) is 5.56 Å². The van der Waals surface area contributed by atoms with Gasteiger partial charge in [0, 0.05) is 12.1 Å². The third kappa shape index (κ3) is 7.45. The Morgan fingerprint density at radius 1 is 1.24 bits per heavy atom. The molecule has 0 fully saturated rings. The molecule has 0 aliphatic rings. The normalized spacial score (nSPS) is 11.5. The Morgan fingerprint density at radius 2 is 1.90 bits per heavy atom. The van der Waals surface area contributed by atoms with Gasteiger partial charge in [-0.15, -0.1) is 0 Å². The minimum atomic E-state index is -4.52. The predicted octanol–water partition coefficient (Wildman–Crippen LogP) is 2.48. The van der Waals surface area contributed by atoms with E-state index in [2.05, 4.69) is 14.8 Å². The van der Waals surface area contributed by atoms with Crippen molar-refractivity contribution in [3.63, 3.8) is 0 Å². The van der Waals surface area contributed by atoms with Crippen molar-refractivity contribution >= 4 is 5.91 Å². The smallest absolute Gasteiger partial charge is 0.411 e. The second-order valence-electron chi connectivity index (χ2n) is 3.87. The summed E-state index contributed by atoms with van der Waals surface area (Å²) < 4.78 is 68.0. The van der Waals surface area contributed by atoms with Gasteiger partial charge >= 0.3 is 12.8 Å². The lowest BCUT2D eigenvalue weighted by Gasteiger charge is -2.12. The third-order valence-electron chi connectivity index (χ3n) is 2.16. The minimum Gasteiger partial charge on any atom is -0.434 e. The van der Waals surface area contributed by atoms with Crippen molar-refractivity contribution in [2.75, 3.05) is 13.2 Å². The molecule has 9 heteroatoms. The molecule has 0 saturated heterocycles. The van der Waals surface area contributed by atoms with Gasteiger partial charge in [-0.25, -0.2) is 0 Å². The first-order valence-electron chi connectivity index (χ1n) is 5.72. The Kier molecular flexibility index (Phi) is 6.35. The number of benzene rings is 1. The Morgan fingerprint density at radius 3 is 2.52 bits per heavy atom. The average molecular weight is 313 g/mol. The maximum absolute atomic E-state index is 12.1. The van der Waals surface area contributed by atoms with E-state index in [4.69, 9.17) is 0 Å². The van der Waals surface area contributed by atoms with Gasteiger partial charge in [-0.3, -0.25) is 4.79 Å². The summed E-state index contributed by atoms with van der Waals surface area (Å²) in [5.74, 6) is -0.921. The lowest BCUT2D eigenvalue weighted by molar-refractivity contribution is -0.175. The van der Waals surface area contributed by atoms with Crippen LogP contribution in [0.4, 0.5) is 22.0 Å². The van der Waals surface area contributed by atoms with E-state index in [1.54, 1.807) is 6.07 Å². The lowest BCUT2D eigenvalue weighted by atomic mass is 10.2. The number of halogens is 5. The summed E-state index contributed by atoms with van der Waals surface area (Å²) >= 11 is 0. The molecule has 0 radical (unpaired) electrons. The molecule has 1 N–H and O–H groups in total. The van der Waals surface area contributed by atoms with Crippen LogP contribution in [0.2, 0.25) is 0 Å². The zero-order chi connectivity index (χ0) is 15.9. The predicted molar refractivity (Wildman–Crippen MR) is 61.8 cm³/mol. The van der Waals surface area contributed by atoms with Gasteiger partial charge in [-0.2, -0.15) is 22.0 Å². The molecule has 0 atom stereocenters. The highest BCUT2D eigenvalue weighted by Crippen LogP contribution is 2.20. The van der Waals surface area contributed by atoms with E-state index in [1.165, 1.54) is 18.2 Å². The molecule has 118 valence electrons. The number of rotatable bonds is 7. The fourth-order valence-electron chi connectivity index (χ4n) is 1.37. The van der Waals surface area contributed by atoms with Crippen molar-refractivity contribution in [2.24, 2.45) is 0 Å². The SMILES string of the molecule is O=C(COCC(F)(F)F)NCc1ccccc1OC(F)F. The number of alkyl halides is 5. The number of carbonyl (C=O) groups is 1. The van der Waals surface area contributed by atoms with Crippen molar-refractivity contribution in [3.8, 4) is 5.75 Å². The van der Waals surface area contributed by atoms with Gasteiger partial charge < -0.3 is 14.8 Å². The topological polar surface area (TPSA) is 47.6 Å². The van der Waals surface area contributed by atoms with E-state index < -0.39 is 31.9 Å². The molecule has 1 aromatic rings. The monoisotopic (exact) mass is 313 g/mol. The van der Waals surface area contributed by atoms with Gasteiger partial charge in [0.05, 0.1) is 0 Å². The molecule has 0 aliphatic heterocycles.